The summed E-state index contributed by atoms with van der Waals surface area (Å²) in [5.41, 5.74) is 7.35. The molecule has 0 atom stereocenters. The van der Waals surface area contributed by atoms with Gasteiger partial charge in [0.25, 0.3) is 0 Å². The van der Waals surface area contributed by atoms with Crippen LogP contribution in [0.5, 0.6) is 0 Å². The molecule has 1 aliphatic heterocycles. The Bertz CT molecular complexity index is 449. The maximum absolute atomic E-state index is 11.2. The monoisotopic (exact) mass is 201 g/mol. The van der Waals surface area contributed by atoms with E-state index < -0.39 is 5.91 Å². The summed E-state index contributed by atoms with van der Waals surface area (Å²) in [6.07, 6.45) is 3.63. The Morgan fingerprint density at radius 2 is 2.20 bits per heavy atom. The molecule has 0 fully saturated rings. The summed E-state index contributed by atoms with van der Waals surface area (Å²) in [5, 5.41) is 2.95. The average molecular weight is 201 g/mol. The number of nitrogens with zero attached hydrogens (tertiary/aromatic N) is 1. The maximum atomic E-state index is 11.2. The van der Waals surface area contributed by atoms with E-state index >= 15 is 0 Å². The van der Waals surface area contributed by atoms with Crippen LogP contribution in [-0.4, -0.2) is 18.3 Å². The third kappa shape index (κ3) is 1.88. The predicted octanol–water partition coefficient (Wildman–Crippen LogP) is 0.649. The van der Waals surface area contributed by atoms with Gasteiger partial charge in [-0.15, -0.1) is 0 Å². The smallest absolute Gasteiger partial charge is 0.249 e. The highest BCUT2D eigenvalue weighted by atomic mass is 16.1. The van der Waals surface area contributed by atoms with E-state index in [1.165, 1.54) is 0 Å². The largest absolute Gasteiger partial charge is 0.372 e. The van der Waals surface area contributed by atoms with E-state index in [1.807, 2.05) is 18.2 Å². The number of allylic oxidation sites excluding steroid dienone is 1. The summed E-state index contributed by atoms with van der Waals surface area (Å²) in [7, 11) is 0. The first-order valence-corrected chi connectivity index (χ1v) is 4.62. The van der Waals surface area contributed by atoms with Crippen LogP contribution in [0.4, 0.5) is 0 Å². The van der Waals surface area contributed by atoms with Gasteiger partial charge in [0, 0.05) is 11.1 Å². The van der Waals surface area contributed by atoms with Gasteiger partial charge >= 0.3 is 0 Å². The van der Waals surface area contributed by atoms with Crippen LogP contribution in [0.3, 0.4) is 0 Å². The van der Waals surface area contributed by atoms with Crippen molar-refractivity contribution in [2.24, 2.45) is 10.7 Å². The second kappa shape index (κ2) is 3.96. The lowest BCUT2D eigenvalue weighted by atomic mass is 10.0. The molecular formula is C11H11N3O. The Hall–Kier alpha value is -2.10. The van der Waals surface area contributed by atoms with Crippen LogP contribution >= 0.6 is 0 Å². The Labute approximate surface area is 87.5 Å². The SMILES string of the molecule is NC(=O)c1ccccc1C1=NCNC=C1. The van der Waals surface area contributed by atoms with Crippen LogP contribution in [0.1, 0.15) is 15.9 Å². The molecule has 0 unspecified atom stereocenters. The highest BCUT2D eigenvalue weighted by Crippen LogP contribution is 2.11. The van der Waals surface area contributed by atoms with Crippen LogP contribution in [0.15, 0.2) is 41.5 Å². The molecule has 1 aromatic rings. The topological polar surface area (TPSA) is 67.5 Å². The van der Waals surface area contributed by atoms with Crippen molar-refractivity contribution >= 4 is 11.6 Å². The molecule has 4 heteroatoms. The molecule has 1 amide bonds. The molecule has 0 saturated carbocycles. The number of nitrogens with two attached hydrogens (primary N) is 1. The molecule has 2 rings (SSSR count). The fourth-order valence-corrected chi connectivity index (χ4v) is 1.47. The summed E-state index contributed by atoms with van der Waals surface area (Å²) >= 11 is 0. The van der Waals surface area contributed by atoms with Gasteiger partial charge in [-0.3, -0.25) is 9.79 Å². The van der Waals surface area contributed by atoms with E-state index in [0.29, 0.717) is 12.2 Å². The first-order valence-electron chi connectivity index (χ1n) is 4.62. The van der Waals surface area contributed by atoms with Gasteiger partial charge in [0.2, 0.25) is 5.91 Å². The number of rotatable bonds is 2. The maximum Gasteiger partial charge on any atom is 0.249 e. The number of nitrogens with one attached hydrogen (secondary N) is 1. The molecule has 1 heterocycles. The molecule has 15 heavy (non-hydrogen) atoms. The van der Waals surface area contributed by atoms with Gasteiger partial charge in [0.1, 0.15) is 6.67 Å². The molecule has 0 radical (unpaired) electrons. The summed E-state index contributed by atoms with van der Waals surface area (Å²) in [5.74, 6) is -0.430. The number of amides is 1. The number of hydrogen-bond donors (Lipinski definition) is 2. The third-order valence-electron chi connectivity index (χ3n) is 2.17. The van der Waals surface area contributed by atoms with E-state index in [-0.39, 0.29) is 0 Å². The van der Waals surface area contributed by atoms with Crippen LogP contribution in [0.2, 0.25) is 0 Å². The van der Waals surface area contributed by atoms with E-state index in [4.69, 9.17) is 5.73 Å². The average Bonchev–Trinajstić information content (AvgIpc) is 2.30. The minimum atomic E-state index is -0.430. The normalized spacial score (nSPS) is 14.3. The lowest BCUT2D eigenvalue weighted by Gasteiger charge is -2.10. The molecule has 0 saturated heterocycles. The van der Waals surface area contributed by atoms with Crippen molar-refractivity contribution in [3.8, 4) is 0 Å². The Morgan fingerprint density at radius 1 is 1.40 bits per heavy atom. The molecule has 4 nitrogen and oxygen atoms in total. The van der Waals surface area contributed by atoms with Crippen molar-refractivity contribution in [2.45, 2.75) is 0 Å². The number of carbonyl (C=O) groups is 1. The highest BCUT2D eigenvalue weighted by molar-refractivity contribution is 6.15. The van der Waals surface area contributed by atoms with Crippen LogP contribution in [0, 0.1) is 0 Å². The molecule has 3 N–H and O–H groups in total. The lowest BCUT2D eigenvalue weighted by Crippen LogP contribution is -2.19. The van der Waals surface area contributed by atoms with Crippen molar-refractivity contribution in [1.82, 2.24) is 5.32 Å². The van der Waals surface area contributed by atoms with Gasteiger partial charge < -0.3 is 11.1 Å². The molecule has 0 spiro atoms. The lowest BCUT2D eigenvalue weighted by molar-refractivity contribution is 0.1000. The van der Waals surface area contributed by atoms with Crippen molar-refractivity contribution in [1.29, 1.82) is 0 Å². The number of hydrogen-bond acceptors (Lipinski definition) is 3. The Balaban J connectivity index is 2.47. The quantitative estimate of drug-likeness (QED) is 0.737. The Morgan fingerprint density at radius 3 is 2.87 bits per heavy atom. The highest BCUT2D eigenvalue weighted by Gasteiger charge is 2.11. The van der Waals surface area contributed by atoms with Crippen LogP contribution in [-0.2, 0) is 0 Å². The summed E-state index contributed by atoms with van der Waals surface area (Å²) in [6.45, 7) is 0.527. The first kappa shape index (κ1) is 9.45. The second-order valence-electron chi connectivity index (χ2n) is 3.15. The minimum Gasteiger partial charge on any atom is -0.372 e. The van der Waals surface area contributed by atoms with Gasteiger partial charge in [0.05, 0.1) is 5.71 Å². The van der Waals surface area contributed by atoms with Crippen molar-refractivity contribution in [3.05, 3.63) is 47.7 Å². The predicted molar refractivity (Wildman–Crippen MR) is 58.6 cm³/mol. The summed E-state index contributed by atoms with van der Waals surface area (Å²) in [6, 6.07) is 7.19. The van der Waals surface area contributed by atoms with Crippen LogP contribution < -0.4 is 11.1 Å². The molecular weight excluding hydrogens is 190 g/mol. The van der Waals surface area contributed by atoms with Crippen molar-refractivity contribution in [2.75, 3.05) is 6.67 Å². The zero-order chi connectivity index (χ0) is 10.7. The van der Waals surface area contributed by atoms with Crippen LogP contribution in [0.25, 0.3) is 0 Å². The first-order chi connectivity index (χ1) is 7.29. The number of benzene rings is 1. The number of aliphatic imine (C=N–C) groups is 1. The molecule has 1 aromatic carbocycles. The molecule has 0 aromatic heterocycles. The van der Waals surface area contributed by atoms with E-state index in [2.05, 4.69) is 10.3 Å². The summed E-state index contributed by atoms with van der Waals surface area (Å²) in [4.78, 5) is 15.4. The summed E-state index contributed by atoms with van der Waals surface area (Å²) < 4.78 is 0. The fourth-order valence-electron chi connectivity index (χ4n) is 1.47. The molecule has 0 aliphatic carbocycles. The zero-order valence-electron chi connectivity index (χ0n) is 8.10. The third-order valence-corrected chi connectivity index (χ3v) is 2.17. The van der Waals surface area contributed by atoms with Gasteiger partial charge in [-0.2, -0.15) is 0 Å². The second-order valence-corrected chi connectivity index (χ2v) is 3.15. The van der Waals surface area contributed by atoms with Crippen molar-refractivity contribution < 1.29 is 4.79 Å². The number of primary amides is 1. The standard InChI is InChI=1S/C11H11N3O/c12-11(15)9-4-2-1-3-8(9)10-5-6-13-7-14-10/h1-6,13H,7H2,(H2,12,15). The van der Waals surface area contributed by atoms with E-state index in [1.54, 1.807) is 18.3 Å². The van der Waals surface area contributed by atoms with Crippen molar-refractivity contribution in [3.63, 3.8) is 0 Å². The van der Waals surface area contributed by atoms with Gasteiger partial charge in [0.15, 0.2) is 0 Å². The minimum absolute atomic E-state index is 0.430. The van der Waals surface area contributed by atoms with Gasteiger partial charge in [-0.1, -0.05) is 18.2 Å². The van der Waals surface area contributed by atoms with E-state index in [9.17, 15) is 4.79 Å². The number of carbonyl (C=O) groups excluding carboxylic acids is 1. The molecule has 1 aliphatic rings. The van der Waals surface area contributed by atoms with Gasteiger partial charge in [-0.25, -0.2) is 0 Å². The van der Waals surface area contributed by atoms with E-state index in [0.717, 1.165) is 11.3 Å². The zero-order valence-corrected chi connectivity index (χ0v) is 8.10. The van der Waals surface area contributed by atoms with Gasteiger partial charge in [-0.05, 0) is 18.3 Å². The fraction of sp³-hybridized carbons (Fsp3) is 0.0909. The molecule has 0 bridgehead atoms. The Kier molecular flexibility index (Phi) is 2.49. The molecule has 76 valence electrons.